The zero-order chi connectivity index (χ0) is 14.7. The lowest BCUT2D eigenvalue weighted by atomic mass is 10.0. The van der Waals surface area contributed by atoms with Crippen LogP contribution in [0.3, 0.4) is 0 Å². The quantitative estimate of drug-likeness (QED) is 0.655. The first kappa shape index (κ1) is 14.4. The van der Waals surface area contributed by atoms with E-state index in [4.69, 9.17) is 23.2 Å². The molecule has 102 valence electrons. The number of carboxylic acid groups (broad SMARTS) is 1. The van der Waals surface area contributed by atoms with Crippen LogP contribution in [0, 0.1) is 0 Å². The second-order valence-corrected chi connectivity index (χ2v) is 4.93. The van der Waals surface area contributed by atoms with Gasteiger partial charge in [-0.25, -0.2) is 4.79 Å². The van der Waals surface area contributed by atoms with E-state index in [2.05, 4.69) is 0 Å². The van der Waals surface area contributed by atoms with Crippen LogP contribution in [-0.4, -0.2) is 16.2 Å². The van der Waals surface area contributed by atoms with Crippen LogP contribution in [0.15, 0.2) is 42.5 Å². The van der Waals surface area contributed by atoms with Gasteiger partial charge >= 0.3 is 5.97 Å². The molecule has 5 heteroatoms. The van der Waals surface area contributed by atoms with Crippen molar-refractivity contribution in [2.24, 2.45) is 0 Å². The second kappa shape index (κ2) is 5.99. The molecule has 3 nitrogen and oxygen atoms in total. The van der Waals surface area contributed by atoms with Gasteiger partial charge in [0.15, 0.2) is 0 Å². The third kappa shape index (κ3) is 3.32. The summed E-state index contributed by atoms with van der Waals surface area (Å²) in [7, 11) is 0. The van der Waals surface area contributed by atoms with Crippen molar-refractivity contribution in [3.63, 3.8) is 0 Å². The number of phenolic OH excluding ortho intramolecular Hbond substituents is 1. The van der Waals surface area contributed by atoms with Crippen LogP contribution in [0.25, 0.3) is 11.6 Å². The molecule has 0 unspecified atom stereocenters. The molecule has 0 saturated heterocycles. The zero-order valence-electron chi connectivity index (χ0n) is 10.2. The number of phenols is 1. The maximum absolute atomic E-state index is 11.4. The van der Waals surface area contributed by atoms with Crippen LogP contribution in [0.4, 0.5) is 0 Å². The lowest BCUT2D eigenvalue weighted by molar-refractivity contribution is -0.130. The largest absolute Gasteiger partial charge is 0.508 e. The Hall–Kier alpha value is -1.97. The molecule has 0 aliphatic rings. The number of carboxylic acids is 1. The van der Waals surface area contributed by atoms with Crippen molar-refractivity contribution in [1.82, 2.24) is 0 Å². The highest BCUT2D eigenvalue weighted by molar-refractivity contribution is 6.37. The predicted molar refractivity (Wildman–Crippen MR) is 80.1 cm³/mol. The van der Waals surface area contributed by atoms with Crippen LogP contribution in [-0.2, 0) is 4.79 Å². The lowest BCUT2D eigenvalue weighted by Gasteiger charge is -2.06. The minimum atomic E-state index is -1.13. The molecule has 20 heavy (non-hydrogen) atoms. The molecule has 0 bridgehead atoms. The third-order valence-corrected chi connectivity index (χ3v) is 3.19. The summed E-state index contributed by atoms with van der Waals surface area (Å²) >= 11 is 11.9. The van der Waals surface area contributed by atoms with Gasteiger partial charge in [0.1, 0.15) is 5.75 Å². The number of benzene rings is 2. The van der Waals surface area contributed by atoms with Crippen LogP contribution in [0.5, 0.6) is 5.75 Å². The van der Waals surface area contributed by atoms with Gasteiger partial charge in [-0.1, -0.05) is 35.3 Å². The molecule has 0 amide bonds. The first-order chi connectivity index (χ1) is 9.47. The van der Waals surface area contributed by atoms with Crippen LogP contribution in [0.2, 0.25) is 10.0 Å². The van der Waals surface area contributed by atoms with Gasteiger partial charge in [-0.3, -0.25) is 0 Å². The van der Waals surface area contributed by atoms with Crippen LogP contribution < -0.4 is 0 Å². The number of halogens is 2. The van der Waals surface area contributed by atoms with Gasteiger partial charge in [0.25, 0.3) is 0 Å². The van der Waals surface area contributed by atoms with Crippen molar-refractivity contribution in [2.75, 3.05) is 0 Å². The Morgan fingerprint density at radius 1 is 1.10 bits per heavy atom. The molecule has 0 aromatic heterocycles. The number of aromatic hydroxyl groups is 1. The summed E-state index contributed by atoms with van der Waals surface area (Å²) in [6, 6.07) is 10.9. The molecular formula is C15H10Cl2O3. The lowest BCUT2D eigenvalue weighted by Crippen LogP contribution is -2.00. The maximum atomic E-state index is 11.4. The molecule has 0 fully saturated rings. The first-order valence-corrected chi connectivity index (χ1v) is 6.42. The van der Waals surface area contributed by atoms with Crippen LogP contribution in [0.1, 0.15) is 11.1 Å². The molecule has 0 aliphatic carbocycles. The number of hydrogen-bond donors (Lipinski definition) is 2. The van der Waals surface area contributed by atoms with E-state index in [1.807, 2.05) is 0 Å². The van der Waals surface area contributed by atoms with E-state index in [0.717, 1.165) is 0 Å². The standard InChI is InChI=1S/C15H10Cl2O3/c16-10-4-5-14(17)12(8-10)13(15(19)20)7-9-2-1-3-11(18)6-9/h1-8,18H,(H,19,20)/b13-7-. The monoisotopic (exact) mass is 308 g/mol. The number of carbonyl (C=O) groups is 1. The molecule has 0 aliphatic heterocycles. The van der Waals surface area contributed by atoms with Crippen molar-refractivity contribution in [3.05, 3.63) is 63.6 Å². The Labute approximate surface area is 125 Å². The Bertz CT molecular complexity index is 693. The topological polar surface area (TPSA) is 57.5 Å². The van der Waals surface area contributed by atoms with Crippen molar-refractivity contribution < 1.29 is 15.0 Å². The van der Waals surface area contributed by atoms with E-state index in [0.29, 0.717) is 21.2 Å². The minimum Gasteiger partial charge on any atom is -0.508 e. The van der Waals surface area contributed by atoms with E-state index in [9.17, 15) is 15.0 Å². The molecule has 0 spiro atoms. The number of aliphatic carboxylic acids is 1. The normalized spacial score (nSPS) is 11.4. The zero-order valence-corrected chi connectivity index (χ0v) is 11.7. The highest BCUT2D eigenvalue weighted by Crippen LogP contribution is 2.29. The van der Waals surface area contributed by atoms with Crippen molar-refractivity contribution in [1.29, 1.82) is 0 Å². The van der Waals surface area contributed by atoms with Gasteiger partial charge in [0, 0.05) is 15.6 Å². The van der Waals surface area contributed by atoms with Gasteiger partial charge in [-0.05, 0) is 42.0 Å². The summed E-state index contributed by atoms with van der Waals surface area (Å²) in [5.74, 6) is -1.07. The van der Waals surface area contributed by atoms with E-state index in [1.54, 1.807) is 24.3 Å². The van der Waals surface area contributed by atoms with E-state index >= 15 is 0 Å². The molecule has 0 saturated carbocycles. The van der Waals surface area contributed by atoms with Gasteiger partial charge in [-0.2, -0.15) is 0 Å². The van der Waals surface area contributed by atoms with Crippen LogP contribution >= 0.6 is 23.2 Å². The molecule has 0 heterocycles. The van der Waals surface area contributed by atoms with Gasteiger partial charge in [0.05, 0.1) is 5.57 Å². The number of rotatable bonds is 3. The fourth-order valence-corrected chi connectivity index (χ4v) is 2.13. The van der Waals surface area contributed by atoms with Gasteiger partial charge < -0.3 is 10.2 Å². The molecule has 0 atom stereocenters. The Balaban J connectivity index is 2.57. The highest BCUT2D eigenvalue weighted by atomic mass is 35.5. The molecule has 2 N–H and O–H groups in total. The third-order valence-electron chi connectivity index (χ3n) is 2.63. The molecular weight excluding hydrogens is 299 g/mol. The average molecular weight is 309 g/mol. The second-order valence-electron chi connectivity index (χ2n) is 4.08. The van der Waals surface area contributed by atoms with Crippen molar-refractivity contribution >= 4 is 40.8 Å². The molecule has 2 aromatic carbocycles. The Kier molecular flexibility index (Phi) is 4.32. The molecule has 2 aromatic rings. The first-order valence-electron chi connectivity index (χ1n) is 5.67. The Morgan fingerprint density at radius 3 is 2.50 bits per heavy atom. The summed E-state index contributed by atoms with van der Waals surface area (Å²) in [6.07, 6.45) is 1.43. The predicted octanol–water partition coefficient (Wildman–Crippen LogP) is 4.32. The minimum absolute atomic E-state index is 0.00287. The smallest absolute Gasteiger partial charge is 0.336 e. The van der Waals surface area contributed by atoms with E-state index in [-0.39, 0.29) is 11.3 Å². The van der Waals surface area contributed by atoms with Gasteiger partial charge in [0.2, 0.25) is 0 Å². The summed E-state index contributed by atoms with van der Waals surface area (Å²) < 4.78 is 0. The number of hydrogen-bond acceptors (Lipinski definition) is 2. The fourth-order valence-electron chi connectivity index (χ4n) is 1.74. The summed E-state index contributed by atoms with van der Waals surface area (Å²) in [6.45, 7) is 0. The highest BCUT2D eigenvalue weighted by Gasteiger charge is 2.14. The maximum Gasteiger partial charge on any atom is 0.336 e. The Morgan fingerprint density at radius 2 is 1.85 bits per heavy atom. The average Bonchev–Trinajstić information content (AvgIpc) is 2.39. The summed E-state index contributed by atoms with van der Waals surface area (Å²) in [5.41, 5.74) is 0.886. The van der Waals surface area contributed by atoms with E-state index in [1.165, 1.54) is 24.3 Å². The fraction of sp³-hybridized carbons (Fsp3) is 0. The molecule has 0 radical (unpaired) electrons. The molecule has 2 rings (SSSR count). The van der Waals surface area contributed by atoms with E-state index < -0.39 is 5.97 Å². The summed E-state index contributed by atoms with van der Waals surface area (Å²) in [5, 5.41) is 19.4. The van der Waals surface area contributed by atoms with Crippen molar-refractivity contribution in [3.8, 4) is 5.75 Å². The summed E-state index contributed by atoms with van der Waals surface area (Å²) in [4.78, 5) is 11.4. The van der Waals surface area contributed by atoms with Gasteiger partial charge in [-0.15, -0.1) is 0 Å². The van der Waals surface area contributed by atoms with Crippen molar-refractivity contribution in [2.45, 2.75) is 0 Å². The SMILES string of the molecule is O=C(O)/C(=C\c1cccc(O)c1)c1cc(Cl)ccc1Cl.